The van der Waals surface area contributed by atoms with Gasteiger partial charge in [0.25, 0.3) is 11.8 Å². The quantitative estimate of drug-likeness (QED) is 0.199. The third-order valence-electron chi connectivity index (χ3n) is 5.43. The number of para-hydroxylation sites is 1. The number of benzene rings is 3. The number of amides is 4. The first kappa shape index (κ1) is 26.2. The molecule has 8 nitrogen and oxygen atoms in total. The van der Waals surface area contributed by atoms with Crippen LogP contribution in [0.15, 0.2) is 72.4 Å². The van der Waals surface area contributed by atoms with Crippen molar-refractivity contribution in [1.29, 1.82) is 0 Å². The lowest BCUT2D eigenvalue weighted by atomic mass is 10.1. The van der Waals surface area contributed by atoms with Gasteiger partial charge in [0.1, 0.15) is 5.70 Å². The van der Waals surface area contributed by atoms with Crippen molar-refractivity contribution in [3.63, 3.8) is 0 Å². The van der Waals surface area contributed by atoms with Crippen molar-refractivity contribution in [2.24, 2.45) is 0 Å². The van der Waals surface area contributed by atoms with Crippen LogP contribution in [0.5, 0.6) is 11.5 Å². The second-order valence-electron chi connectivity index (χ2n) is 8.33. The van der Waals surface area contributed by atoms with Crippen molar-refractivity contribution in [2.75, 3.05) is 18.5 Å². The van der Waals surface area contributed by atoms with Crippen LogP contribution in [0.3, 0.4) is 0 Å². The Bertz CT molecular complexity index is 1360. The van der Waals surface area contributed by atoms with Crippen LogP contribution >= 0.6 is 22.6 Å². The minimum Gasteiger partial charge on any atom is -0.490 e. The van der Waals surface area contributed by atoms with Gasteiger partial charge in [0, 0.05) is 5.69 Å². The van der Waals surface area contributed by atoms with Crippen LogP contribution in [0, 0.1) is 10.5 Å². The number of nitrogens with one attached hydrogen (secondary N) is 2. The topological polar surface area (TPSA) is 97.0 Å². The number of aryl methyl sites for hydroxylation is 1. The zero-order chi connectivity index (χ0) is 26.4. The van der Waals surface area contributed by atoms with Gasteiger partial charge in [0.2, 0.25) is 0 Å². The molecule has 3 aromatic rings. The Balaban J connectivity index is 1.49. The number of ether oxygens (including phenoxy) is 2. The Kier molecular flexibility index (Phi) is 8.44. The maximum absolute atomic E-state index is 13.0. The van der Waals surface area contributed by atoms with E-state index in [1.54, 1.807) is 30.3 Å². The van der Waals surface area contributed by atoms with Crippen molar-refractivity contribution in [3.05, 3.63) is 92.7 Å². The Morgan fingerprint density at radius 3 is 2.57 bits per heavy atom. The number of carbonyl (C=O) groups excluding carboxylic acids is 3. The third-order valence-corrected chi connectivity index (χ3v) is 6.23. The molecular formula is C28H26IN3O5. The van der Waals surface area contributed by atoms with E-state index in [0.29, 0.717) is 32.9 Å². The molecule has 1 aliphatic rings. The SMILES string of the molecule is CCOc1cc(/C=C2/NC(=O)N(Cc3cccc(C)c3)C2=O)cc(I)c1OCC(=O)Nc1ccccc1. The number of anilines is 1. The summed E-state index contributed by atoms with van der Waals surface area (Å²) in [5.41, 5.74) is 3.42. The number of carbonyl (C=O) groups is 3. The van der Waals surface area contributed by atoms with E-state index in [1.807, 2.05) is 56.3 Å². The molecule has 0 saturated carbocycles. The average molecular weight is 611 g/mol. The molecular weight excluding hydrogens is 585 g/mol. The number of hydrogen-bond donors (Lipinski definition) is 2. The lowest BCUT2D eigenvalue weighted by molar-refractivity contribution is -0.123. The number of hydrogen-bond acceptors (Lipinski definition) is 5. The number of urea groups is 1. The van der Waals surface area contributed by atoms with Crippen LogP contribution in [0.25, 0.3) is 6.08 Å². The van der Waals surface area contributed by atoms with Gasteiger partial charge in [0.05, 0.1) is 16.7 Å². The van der Waals surface area contributed by atoms with Crippen LogP contribution < -0.4 is 20.1 Å². The summed E-state index contributed by atoms with van der Waals surface area (Å²) >= 11 is 2.09. The molecule has 190 valence electrons. The molecule has 0 spiro atoms. The van der Waals surface area contributed by atoms with Crippen LogP contribution in [-0.4, -0.2) is 36.0 Å². The summed E-state index contributed by atoms with van der Waals surface area (Å²) in [5, 5.41) is 5.43. The van der Waals surface area contributed by atoms with E-state index < -0.39 is 11.9 Å². The monoisotopic (exact) mass is 611 g/mol. The standard InChI is InChI=1S/C28H26IN3O5/c1-3-36-24-15-20(13-22(29)26(24)37-17-25(33)30-21-10-5-4-6-11-21)14-23-27(34)32(28(35)31-23)16-19-9-7-8-18(2)12-19/h4-15H,3,16-17H2,1-2H3,(H,30,33)(H,31,35)/b23-14+. The second-order valence-corrected chi connectivity index (χ2v) is 9.50. The first-order chi connectivity index (χ1) is 17.8. The van der Waals surface area contributed by atoms with Crippen LogP contribution in [0.1, 0.15) is 23.6 Å². The van der Waals surface area contributed by atoms with Gasteiger partial charge in [-0.3, -0.25) is 14.5 Å². The van der Waals surface area contributed by atoms with Crippen LogP contribution in [0.2, 0.25) is 0 Å². The molecule has 2 N–H and O–H groups in total. The van der Waals surface area contributed by atoms with Crippen molar-refractivity contribution >= 4 is 52.2 Å². The van der Waals surface area contributed by atoms with E-state index in [2.05, 4.69) is 33.2 Å². The normalized spacial score (nSPS) is 14.0. The van der Waals surface area contributed by atoms with Gasteiger partial charge in [-0.05, 0) is 77.9 Å². The minimum atomic E-state index is -0.470. The highest BCUT2D eigenvalue weighted by Crippen LogP contribution is 2.35. The second kappa shape index (κ2) is 11.9. The lowest BCUT2D eigenvalue weighted by Gasteiger charge is -2.15. The molecule has 0 unspecified atom stereocenters. The van der Waals surface area contributed by atoms with Crippen LogP contribution in [0.4, 0.5) is 10.5 Å². The molecule has 1 heterocycles. The number of rotatable bonds is 9. The molecule has 4 amide bonds. The smallest absolute Gasteiger partial charge is 0.329 e. The van der Waals surface area contributed by atoms with Gasteiger partial charge in [-0.1, -0.05) is 48.0 Å². The highest BCUT2D eigenvalue weighted by molar-refractivity contribution is 14.1. The van der Waals surface area contributed by atoms with Crippen molar-refractivity contribution in [3.8, 4) is 11.5 Å². The van der Waals surface area contributed by atoms with Gasteiger partial charge < -0.3 is 20.1 Å². The Morgan fingerprint density at radius 1 is 1.05 bits per heavy atom. The molecule has 9 heteroatoms. The predicted octanol–water partition coefficient (Wildman–Crippen LogP) is 5.11. The summed E-state index contributed by atoms with van der Waals surface area (Å²) in [4.78, 5) is 39.0. The van der Waals surface area contributed by atoms with E-state index in [-0.39, 0.29) is 24.8 Å². The first-order valence-corrected chi connectivity index (χ1v) is 12.8. The summed E-state index contributed by atoms with van der Waals surface area (Å²) in [6, 6.07) is 19.8. The largest absolute Gasteiger partial charge is 0.490 e. The van der Waals surface area contributed by atoms with Crippen molar-refractivity contribution < 1.29 is 23.9 Å². The molecule has 0 atom stereocenters. The highest BCUT2D eigenvalue weighted by atomic mass is 127. The molecule has 0 radical (unpaired) electrons. The van der Waals surface area contributed by atoms with Gasteiger partial charge in [-0.25, -0.2) is 4.79 Å². The van der Waals surface area contributed by atoms with E-state index >= 15 is 0 Å². The highest BCUT2D eigenvalue weighted by Gasteiger charge is 2.33. The zero-order valence-electron chi connectivity index (χ0n) is 20.4. The first-order valence-electron chi connectivity index (χ1n) is 11.7. The Labute approximate surface area is 228 Å². The van der Waals surface area contributed by atoms with E-state index in [1.165, 1.54) is 4.90 Å². The Morgan fingerprint density at radius 2 is 1.84 bits per heavy atom. The summed E-state index contributed by atoms with van der Waals surface area (Å²) in [6.07, 6.45) is 1.60. The molecule has 4 rings (SSSR count). The fraction of sp³-hybridized carbons (Fsp3) is 0.179. The van der Waals surface area contributed by atoms with Gasteiger partial charge in [0.15, 0.2) is 18.1 Å². The molecule has 0 bridgehead atoms. The van der Waals surface area contributed by atoms with E-state index in [0.717, 1.165) is 11.1 Å². The minimum absolute atomic E-state index is 0.173. The van der Waals surface area contributed by atoms with E-state index in [9.17, 15) is 14.4 Å². The molecule has 1 aliphatic heterocycles. The van der Waals surface area contributed by atoms with Gasteiger partial charge in [-0.2, -0.15) is 0 Å². The molecule has 0 aliphatic carbocycles. The number of imide groups is 1. The maximum Gasteiger partial charge on any atom is 0.329 e. The number of halogens is 1. The zero-order valence-corrected chi connectivity index (χ0v) is 22.6. The molecule has 3 aromatic carbocycles. The maximum atomic E-state index is 13.0. The summed E-state index contributed by atoms with van der Waals surface area (Å²) in [5.74, 6) is 0.152. The van der Waals surface area contributed by atoms with Crippen LogP contribution in [-0.2, 0) is 16.1 Å². The van der Waals surface area contributed by atoms with Gasteiger partial charge in [-0.15, -0.1) is 0 Å². The third kappa shape index (κ3) is 6.67. The summed E-state index contributed by atoms with van der Waals surface area (Å²) in [7, 11) is 0. The Hall–Kier alpha value is -3.86. The molecule has 0 aromatic heterocycles. The molecule has 1 saturated heterocycles. The number of nitrogens with zero attached hydrogens (tertiary/aromatic N) is 1. The summed E-state index contributed by atoms with van der Waals surface area (Å²) < 4.78 is 12.3. The van der Waals surface area contributed by atoms with Crippen molar-refractivity contribution in [1.82, 2.24) is 10.2 Å². The average Bonchev–Trinajstić information content (AvgIpc) is 3.11. The fourth-order valence-corrected chi connectivity index (χ4v) is 4.59. The van der Waals surface area contributed by atoms with E-state index in [4.69, 9.17) is 9.47 Å². The predicted molar refractivity (Wildman–Crippen MR) is 149 cm³/mol. The summed E-state index contributed by atoms with van der Waals surface area (Å²) in [6.45, 7) is 4.16. The van der Waals surface area contributed by atoms with Gasteiger partial charge >= 0.3 is 6.03 Å². The molecule has 37 heavy (non-hydrogen) atoms. The molecule has 1 fully saturated rings. The lowest BCUT2D eigenvalue weighted by Crippen LogP contribution is -2.30. The fourth-order valence-electron chi connectivity index (χ4n) is 3.81. The van der Waals surface area contributed by atoms with Crippen molar-refractivity contribution in [2.45, 2.75) is 20.4 Å².